The first-order valence-corrected chi connectivity index (χ1v) is 10.2. The van der Waals surface area contributed by atoms with Crippen LogP contribution >= 0.6 is 0 Å². The first kappa shape index (κ1) is 21.8. The van der Waals surface area contributed by atoms with Crippen LogP contribution in [-0.2, 0) is 7.05 Å². The van der Waals surface area contributed by atoms with Gasteiger partial charge in [-0.2, -0.15) is 19.6 Å². The lowest BCUT2D eigenvalue weighted by atomic mass is 10.0. The summed E-state index contributed by atoms with van der Waals surface area (Å²) in [5, 5.41) is 8.96. The van der Waals surface area contributed by atoms with Gasteiger partial charge in [-0.25, -0.2) is 28.0 Å². The Bertz CT molecular complexity index is 1250. The molecule has 1 saturated heterocycles. The van der Waals surface area contributed by atoms with Gasteiger partial charge in [-0.3, -0.25) is 4.68 Å². The number of ether oxygens (including phenoxy) is 1. The van der Waals surface area contributed by atoms with Crippen molar-refractivity contribution in [2.45, 2.75) is 18.6 Å². The molecule has 0 radical (unpaired) electrons. The number of aromatic nitrogens is 4. The highest BCUT2D eigenvalue weighted by Crippen LogP contribution is 2.32. The number of amides is 2. The van der Waals surface area contributed by atoms with Crippen molar-refractivity contribution in [2.24, 2.45) is 12.1 Å². The van der Waals surface area contributed by atoms with E-state index in [1.165, 1.54) is 22.8 Å². The second-order valence-corrected chi connectivity index (χ2v) is 7.84. The van der Waals surface area contributed by atoms with Crippen molar-refractivity contribution in [2.75, 3.05) is 13.1 Å². The van der Waals surface area contributed by atoms with Gasteiger partial charge in [0.05, 0.1) is 31.5 Å². The number of benzene rings is 1. The Hall–Kier alpha value is -4.03. The molecule has 2 aliphatic rings. The summed E-state index contributed by atoms with van der Waals surface area (Å²) in [6.45, 7) is 0.210. The summed E-state index contributed by atoms with van der Waals surface area (Å²) in [5.41, 5.74) is 0.261. The fraction of sp³-hybridized carbons (Fsp3) is 0.286. The molecule has 1 atom stereocenters. The number of rotatable bonds is 4. The van der Waals surface area contributed by atoms with Crippen molar-refractivity contribution in [3.63, 3.8) is 0 Å². The number of nitrogens with zero attached hydrogens (tertiary/aromatic N) is 7. The van der Waals surface area contributed by atoms with Crippen LogP contribution in [0.4, 0.5) is 22.4 Å². The van der Waals surface area contributed by atoms with E-state index in [1.54, 1.807) is 0 Å². The van der Waals surface area contributed by atoms with Crippen LogP contribution in [0, 0.1) is 23.3 Å². The van der Waals surface area contributed by atoms with Crippen LogP contribution in [0.2, 0.25) is 0 Å². The maximum Gasteiger partial charge on any atom is 0.341 e. The summed E-state index contributed by atoms with van der Waals surface area (Å²) < 4.78 is 62.2. The first-order chi connectivity index (χ1) is 16.3. The number of likely N-dealkylation sites (tertiary alicyclic amines) is 1. The third kappa shape index (κ3) is 3.93. The Labute approximate surface area is 190 Å². The molecule has 9 nitrogen and oxygen atoms in total. The smallest absolute Gasteiger partial charge is 0.341 e. The molecule has 5 rings (SSSR count). The van der Waals surface area contributed by atoms with E-state index in [0.29, 0.717) is 6.42 Å². The summed E-state index contributed by atoms with van der Waals surface area (Å²) in [6, 6.07) is 1.94. The van der Waals surface area contributed by atoms with Crippen molar-refractivity contribution < 1.29 is 27.1 Å². The summed E-state index contributed by atoms with van der Waals surface area (Å²) >= 11 is 0. The molecule has 3 aromatic rings. The Morgan fingerprint density at radius 1 is 1.06 bits per heavy atom. The van der Waals surface area contributed by atoms with Crippen LogP contribution in [-0.4, -0.2) is 61.1 Å². The predicted octanol–water partition coefficient (Wildman–Crippen LogP) is 3.05. The highest BCUT2D eigenvalue weighted by molar-refractivity contribution is 5.79. The van der Waals surface area contributed by atoms with Crippen molar-refractivity contribution in [3.8, 4) is 17.4 Å². The Kier molecular flexibility index (Phi) is 5.38. The van der Waals surface area contributed by atoms with Crippen LogP contribution in [0.15, 0.2) is 35.7 Å². The van der Waals surface area contributed by atoms with Crippen LogP contribution in [0.1, 0.15) is 18.0 Å². The van der Waals surface area contributed by atoms with Gasteiger partial charge in [0.2, 0.25) is 5.82 Å². The summed E-state index contributed by atoms with van der Waals surface area (Å²) in [5.74, 6) is -3.48. The van der Waals surface area contributed by atoms with Gasteiger partial charge in [0.15, 0.2) is 11.6 Å². The van der Waals surface area contributed by atoms with E-state index in [-0.39, 0.29) is 36.1 Å². The fourth-order valence-corrected chi connectivity index (χ4v) is 3.82. The first-order valence-electron chi connectivity index (χ1n) is 10.2. The Balaban J connectivity index is 1.25. The minimum Gasteiger partial charge on any atom is -0.468 e. The van der Waals surface area contributed by atoms with Crippen LogP contribution in [0.25, 0.3) is 11.5 Å². The minimum absolute atomic E-state index is 0.0259. The number of aryl methyl sites for hydroxylation is 1. The monoisotopic (exact) mass is 475 g/mol. The zero-order chi connectivity index (χ0) is 24.0. The molecule has 2 aliphatic heterocycles. The standard InChI is InChI=1S/C21H17F4N7O2/c1-30-18(15(24)8-28-30)19-26-7-16(25)20(29-19)34-14-9-31(10-14)21(33)32-17(2-3-27-32)11-4-12(22)6-13(23)5-11/h3-8,14,17H,2,9-10H2,1H3. The summed E-state index contributed by atoms with van der Waals surface area (Å²) in [4.78, 5) is 22.0. The molecule has 1 unspecified atom stereocenters. The third-order valence-electron chi connectivity index (χ3n) is 5.51. The number of hydrogen-bond donors (Lipinski definition) is 0. The van der Waals surface area contributed by atoms with Crippen molar-refractivity contribution in [1.29, 1.82) is 0 Å². The predicted molar refractivity (Wildman–Crippen MR) is 110 cm³/mol. The molecule has 34 heavy (non-hydrogen) atoms. The van der Waals surface area contributed by atoms with E-state index in [0.717, 1.165) is 35.6 Å². The zero-order valence-corrected chi connectivity index (χ0v) is 17.7. The highest BCUT2D eigenvalue weighted by Gasteiger charge is 2.39. The maximum atomic E-state index is 14.2. The third-order valence-corrected chi connectivity index (χ3v) is 5.51. The summed E-state index contributed by atoms with van der Waals surface area (Å²) in [7, 11) is 1.49. The SMILES string of the molecule is Cn1ncc(F)c1-c1ncc(F)c(OC2CN(C(=O)N3N=CCC3c3cc(F)cc(F)c3)C2)n1. The van der Waals surface area contributed by atoms with Gasteiger partial charge in [0.1, 0.15) is 23.4 Å². The lowest BCUT2D eigenvalue weighted by molar-refractivity contribution is 0.0230. The van der Waals surface area contributed by atoms with E-state index in [4.69, 9.17) is 4.74 Å². The number of carbonyl (C=O) groups excluding carboxylic acids is 1. The van der Waals surface area contributed by atoms with E-state index < -0.39 is 41.4 Å². The average molecular weight is 475 g/mol. The molecule has 0 aliphatic carbocycles. The Morgan fingerprint density at radius 3 is 2.47 bits per heavy atom. The quantitative estimate of drug-likeness (QED) is 0.542. The van der Waals surface area contributed by atoms with E-state index in [1.807, 2.05) is 0 Å². The molecule has 0 N–H and O–H groups in total. The van der Waals surface area contributed by atoms with Crippen LogP contribution in [0.3, 0.4) is 0 Å². The largest absolute Gasteiger partial charge is 0.468 e. The van der Waals surface area contributed by atoms with Crippen molar-refractivity contribution >= 4 is 12.2 Å². The number of halogens is 4. The number of hydrogen-bond acceptors (Lipinski definition) is 6. The van der Waals surface area contributed by atoms with Gasteiger partial charge in [-0.15, -0.1) is 0 Å². The lowest BCUT2D eigenvalue weighted by Crippen LogP contribution is -2.59. The lowest BCUT2D eigenvalue weighted by Gasteiger charge is -2.40. The fourth-order valence-electron chi connectivity index (χ4n) is 3.82. The van der Waals surface area contributed by atoms with E-state index >= 15 is 0 Å². The van der Waals surface area contributed by atoms with Crippen LogP contribution < -0.4 is 4.74 Å². The van der Waals surface area contributed by atoms with E-state index in [9.17, 15) is 22.4 Å². The van der Waals surface area contributed by atoms with Gasteiger partial charge in [0.25, 0.3) is 5.88 Å². The van der Waals surface area contributed by atoms with Gasteiger partial charge in [0, 0.05) is 25.7 Å². The normalized spacial score (nSPS) is 17.9. The molecule has 2 aromatic heterocycles. The van der Waals surface area contributed by atoms with E-state index in [2.05, 4.69) is 20.2 Å². The Morgan fingerprint density at radius 2 is 1.79 bits per heavy atom. The molecule has 1 aromatic carbocycles. The van der Waals surface area contributed by atoms with Crippen molar-refractivity contribution in [1.82, 2.24) is 29.7 Å². The number of urea groups is 1. The highest BCUT2D eigenvalue weighted by atomic mass is 19.1. The minimum atomic E-state index is -0.839. The van der Waals surface area contributed by atoms with Crippen LogP contribution in [0.5, 0.6) is 5.88 Å². The molecule has 2 amide bonds. The van der Waals surface area contributed by atoms with Crippen molar-refractivity contribution in [3.05, 3.63) is 59.4 Å². The van der Waals surface area contributed by atoms with Gasteiger partial charge < -0.3 is 9.64 Å². The molecule has 13 heteroatoms. The van der Waals surface area contributed by atoms with Gasteiger partial charge in [-0.1, -0.05) is 0 Å². The molecule has 1 fully saturated rings. The second-order valence-electron chi connectivity index (χ2n) is 7.84. The topological polar surface area (TPSA) is 88.7 Å². The number of carbonyl (C=O) groups is 1. The molecule has 0 saturated carbocycles. The average Bonchev–Trinajstić information content (AvgIpc) is 3.37. The second kappa shape index (κ2) is 8.39. The van der Waals surface area contributed by atoms with Gasteiger partial charge in [-0.05, 0) is 17.7 Å². The molecular weight excluding hydrogens is 458 g/mol. The molecule has 4 heterocycles. The van der Waals surface area contributed by atoms with Gasteiger partial charge >= 0.3 is 6.03 Å². The number of hydrazone groups is 1. The molecule has 0 bridgehead atoms. The summed E-state index contributed by atoms with van der Waals surface area (Å²) in [6.07, 6.45) is 3.09. The maximum absolute atomic E-state index is 14.2. The zero-order valence-electron chi connectivity index (χ0n) is 17.7. The molecule has 176 valence electrons. The molecule has 0 spiro atoms. The molecular formula is C21H17F4N7O2.